The first-order valence-corrected chi connectivity index (χ1v) is 9.61. The summed E-state index contributed by atoms with van der Waals surface area (Å²) in [5.41, 5.74) is 0. The Bertz CT molecular complexity index is 556. The van der Waals surface area contributed by atoms with E-state index in [0.29, 0.717) is 10.8 Å². The summed E-state index contributed by atoms with van der Waals surface area (Å²) in [5, 5.41) is 3.25. The third-order valence-corrected chi connectivity index (χ3v) is 7.37. The summed E-state index contributed by atoms with van der Waals surface area (Å²) in [7, 11) is -1.76. The number of nitrogens with one attached hydrogen (secondary N) is 1. The van der Waals surface area contributed by atoms with Crippen LogP contribution in [0.25, 0.3) is 0 Å². The number of thiophene rings is 1. The molecule has 0 amide bonds. The number of hydrogen-bond donors (Lipinski definition) is 1. The molecule has 0 aromatic carbocycles. The van der Waals surface area contributed by atoms with Crippen molar-refractivity contribution in [2.45, 2.75) is 43.0 Å². The standard InChI is InChI=1S/C14H24N2O3S2/c1-4-15-9-7-12-5-6-14(20-12)21(17,18)16(3)13-8-10-19-11(13)2/h5-6,11,13,15H,4,7-10H2,1-3H3. The maximum absolute atomic E-state index is 12.7. The fraction of sp³-hybridized carbons (Fsp3) is 0.714. The van der Waals surface area contributed by atoms with Gasteiger partial charge < -0.3 is 10.1 Å². The maximum atomic E-state index is 12.7. The first-order chi connectivity index (χ1) is 9.96. The van der Waals surface area contributed by atoms with Gasteiger partial charge in [0.1, 0.15) is 4.21 Å². The van der Waals surface area contributed by atoms with Crippen LogP contribution in [0.15, 0.2) is 16.3 Å². The summed E-state index contributed by atoms with van der Waals surface area (Å²) in [4.78, 5) is 1.10. The lowest BCUT2D eigenvalue weighted by atomic mass is 10.2. The molecule has 0 aliphatic carbocycles. The Labute approximate surface area is 131 Å². The lowest BCUT2D eigenvalue weighted by Crippen LogP contribution is -2.40. The van der Waals surface area contributed by atoms with E-state index in [4.69, 9.17) is 4.74 Å². The van der Waals surface area contributed by atoms with Crippen molar-refractivity contribution in [2.24, 2.45) is 0 Å². The highest BCUT2D eigenvalue weighted by molar-refractivity contribution is 7.91. The van der Waals surface area contributed by atoms with Gasteiger partial charge in [0.2, 0.25) is 0 Å². The van der Waals surface area contributed by atoms with E-state index in [1.54, 1.807) is 13.1 Å². The van der Waals surface area contributed by atoms with E-state index in [1.165, 1.54) is 15.6 Å². The molecule has 2 rings (SSSR count). The van der Waals surface area contributed by atoms with Crippen LogP contribution in [0.4, 0.5) is 0 Å². The Morgan fingerprint density at radius 3 is 2.86 bits per heavy atom. The van der Waals surface area contributed by atoms with Crippen molar-refractivity contribution in [2.75, 3.05) is 26.7 Å². The molecule has 5 nitrogen and oxygen atoms in total. The number of rotatable bonds is 7. The summed E-state index contributed by atoms with van der Waals surface area (Å²) in [6.45, 7) is 6.42. The van der Waals surface area contributed by atoms with Crippen LogP contribution in [0.2, 0.25) is 0 Å². The average molecular weight is 332 g/mol. The van der Waals surface area contributed by atoms with Gasteiger partial charge in [-0.15, -0.1) is 11.3 Å². The summed E-state index contributed by atoms with van der Waals surface area (Å²) >= 11 is 1.37. The molecule has 1 fully saturated rings. The van der Waals surface area contributed by atoms with Crippen molar-refractivity contribution < 1.29 is 13.2 Å². The van der Waals surface area contributed by atoms with Crippen molar-refractivity contribution in [3.05, 3.63) is 17.0 Å². The zero-order valence-electron chi connectivity index (χ0n) is 12.8. The summed E-state index contributed by atoms with van der Waals surface area (Å²) in [6, 6.07) is 3.57. The Kier molecular flexibility index (Phi) is 5.79. The van der Waals surface area contributed by atoms with Crippen LogP contribution in [0.5, 0.6) is 0 Å². The van der Waals surface area contributed by atoms with Gasteiger partial charge in [0.05, 0.1) is 12.1 Å². The molecule has 2 heterocycles. The number of ether oxygens (including phenoxy) is 1. The van der Waals surface area contributed by atoms with Crippen LogP contribution in [-0.4, -0.2) is 51.6 Å². The first kappa shape index (κ1) is 16.9. The van der Waals surface area contributed by atoms with Crippen LogP contribution in [0.3, 0.4) is 0 Å². The molecule has 1 aliphatic heterocycles. The second-order valence-corrected chi connectivity index (χ2v) is 8.67. The largest absolute Gasteiger partial charge is 0.377 e. The topological polar surface area (TPSA) is 58.6 Å². The predicted octanol–water partition coefficient (Wildman–Crippen LogP) is 1.70. The van der Waals surface area contributed by atoms with E-state index in [2.05, 4.69) is 12.2 Å². The molecule has 1 aromatic rings. The zero-order valence-corrected chi connectivity index (χ0v) is 14.5. The van der Waals surface area contributed by atoms with Crippen LogP contribution in [0.1, 0.15) is 25.1 Å². The van der Waals surface area contributed by atoms with Crippen molar-refractivity contribution in [1.82, 2.24) is 9.62 Å². The molecule has 1 aliphatic rings. The molecule has 7 heteroatoms. The SMILES string of the molecule is CCNCCc1ccc(S(=O)(=O)N(C)C2CCOC2C)s1. The molecule has 2 atom stereocenters. The van der Waals surface area contributed by atoms with E-state index in [0.717, 1.165) is 30.8 Å². The first-order valence-electron chi connectivity index (χ1n) is 7.36. The van der Waals surface area contributed by atoms with Crippen molar-refractivity contribution >= 4 is 21.4 Å². The molecule has 0 radical (unpaired) electrons. The second-order valence-electron chi connectivity index (χ2n) is 5.28. The molecular formula is C14H24N2O3S2. The van der Waals surface area contributed by atoms with Crippen LogP contribution in [-0.2, 0) is 21.2 Å². The van der Waals surface area contributed by atoms with E-state index >= 15 is 0 Å². The van der Waals surface area contributed by atoms with Gasteiger partial charge in [-0.3, -0.25) is 0 Å². The second kappa shape index (κ2) is 7.19. The number of sulfonamides is 1. The molecule has 1 saturated heterocycles. The number of likely N-dealkylation sites (N-methyl/N-ethyl adjacent to an activating group) is 2. The highest BCUT2D eigenvalue weighted by Gasteiger charge is 2.35. The van der Waals surface area contributed by atoms with Crippen LogP contribution in [0, 0.1) is 0 Å². The van der Waals surface area contributed by atoms with Crippen LogP contribution >= 0.6 is 11.3 Å². The average Bonchev–Trinajstić information content (AvgIpc) is 3.07. The molecule has 0 spiro atoms. The Morgan fingerprint density at radius 1 is 1.48 bits per heavy atom. The van der Waals surface area contributed by atoms with E-state index < -0.39 is 10.0 Å². The zero-order chi connectivity index (χ0) is 15.5. The van der Waals surface area contributed by atoms with Gasteiger partial charge in [0, 0.05) is 18.5 Å². The maximum Gasteiger partial charge on any atom is 0.252 e. The van der Waals surface area contributed by atoms with Gasteiger partial charge in [-0.25, -0.2) is 8.42 Å². The smallest absolute Gasteiger partial charge is 0.252 e. The molecule has 1 aromatic heterocycles. The fourth-order valence-corrected chi connectivity index (χ4v) is 5.52. The van der Waals surface area contributed by atoms with E-state index in [1.807, 2.05) is 13.0 Å². The molecule has 0 bridgehead atoms. The molecule has 120 valence electrons. The minimum Gasteiger partial charge on any atom is -0.377 e. The van der Waals surface area contributed by atoms with Crippen molar-refractivity contribution in [3.63, 3.8) is 0 Å². The lowest BCUT2D eigenvalue weighted by molar-refractivity contribution is 0.102. The van der Waals surface area contributed by atoms with E-state index in [-0.39, 0.29) is 12.1 Å². The van der Waals surface area contributed by atoms with Crippen molar-refractivity contribution in [1.29, 1.82) is 0 Å². The third kappa shape index (κ3) is 3.84. The Balaban J connectivity index is 2.08. The summed E-state index contributed by atoms with van der Waals surface area (Å²) in [5.74, 6) is 0. The molecular weight excluding hydrogens is 308 g/mol. The predicted molar refractivity (Wildman–Crippen MR) is 85.3 cm³/mol. The molecule has 0 saturated carbocycles. The molecule has 21 heavy (non-hydrogen) atoms. The number of hydrogen-bond acceptors (Lipinski definition) is 5. The van der Waals surface area contributed by atoms with E-state index in [9.17, 15) is 8.42 Å². The number of nitrogens with zero attached hydrogens (tertiary/aromatic N) is 1. The van der Waals surface area contributed by atoms with Crippen molar-refractivity contribution in [3.8, 4) is 0 Å². The molecule has 1 N–H and O–H groups in total. The summed E-state index contributed by atoms with van der Waals surface area (Å²) in [6.07, 6.45) is 1.58. The van der Waals surface area contributed by atoms with Gasteiger partial charge in [-0.2, -0.15) is 4.31 Å². The van der Waals surface area contributed by atoms with Gasteiger partial charge in [0.15, 0.2) is 0 Å². The minimum absolute atomic E-state index is 0.0436. The van der Waals surface area contributed by atoms with Gasteiger partial charge in [0.25, 0.3) is 10.0 Å². The highest BCUT2D eigenvalue weighted by Crippen LogP contribution is 2.29. The minimum atomic E-state index is -3.41. The Hall–Kier alpha value is -0.470. The Morgan fingerprint density at radius 2 is 2.24 bits per heavy atom. The summed E-state index contributed by atoms with van der Waals surface area (Å²) < 4.78 is 32.7. The van der Waals surface area contributed by atoms with Crippen LogP contribution < -0.4 is 5.32 Å². The monoisotopic (exact) mass is 332 g/mol. The third-order valence-electron chi connectivity index (χ3n) is 3.87. The fourth-order valence-electron chi connectivity index (χ4n) is 2.54. The molecule has 2 unspecified atom stereocenters. The highest BCUT2D eigenvalue weighted by atomic mass is 32.2. The normalized spacial score (nSPS) is 23.0. The van der Waals surface area contributed by atoms with Gasteiger partial charge in [-0.05, 0) is 45.0 Å². The van der Waals surface area contributed by atoms with Gasteiger partial charge in [-0.1, -0.05) is 6.92 Å². The lowest BCUT2D eigenvalue weighted by Gasteiger charge is -2.25. The quantitative estimate of drug-likeness (QED) is 0.772. The van der Waals surface area contributed by atoms with Gasteiger partial charge >= 0.3 is 0 Å².